The summed E-state index contributed by atoms with van der Waals surface area (Å²) < 4.78 is 13.3. The van der Waals surface area contributed by atoms with Crippen LogP contribution in [0.15, 0.2) is 48.5 Å². The molecular weight excluding hydrogens is 317 g/mol. The third-order valence-corrected chi connectivity index (χ3v) is 5.16. The summed E-state index contributed by atoms with van der Waals surface area (Å²) in [6.45, 7) is 3.49. The third-order valence-electron chi connectivity index (χ3n) is 5.16. The average molecular weight is 339 g/mol. The van der Waals surface area contributed by atoms with Crippen LogP contribution >= 0.6 is 0 Å². The molecule has 2 aliphatic rings. The quantitative estimate of drug-likeness (QED) is 0.922. The van der Waals surface area contributed by atoms with Gasteiger partial charge in [0.25, 0.3) is 0 Å². The monoisotopic (exact) mass is 339 g/mol. The number of benzene rings is 2. The highest BCUT2D eigenvalue weighted by Gasteiger charge is 2.31. The zero-order valence-electron chi connectivity index (χ0n) is 14.1. The van der Waals surface area contributed by atoms with E-state index < -0.39 is 0 Å². The molecule has 1 saturated heterocycles. The fraction of sp³-hybridized carbons (Fsp3) is 0.350. The van der Waals surface area contributed by atoms with Crippen molar-refractivity contribution >= 4 is 11.7 Å². The van der Waals surface area contributed by atoms with Crippen LogP contribution in [0.5, 0.6) is 0 Å². The molecule has 4 nitrogen and oxygen atoms in total. The van der Waals surface area contributed by atoms with Crippen molar-refractivity contribution in [2.45, 2.75) is 32.0 Å². The summed E-state index contributed by atoms with van der Waals surface area (Å²) in [6, 6.07) is 15.2. The molecule has 2 aliphatic heterocycles. The number of fused-ring (bicyclic) bond motifs is 1. The molecule has 0 unspecified atom stereocenters. The summed E-state index contributed by atoms with van der Waals surface area (Å²) in [5.41, 5.74) is 2.91. The molecule has 130 valence electrons. The number of halogens is 1. The first-order valence-electron chi connectivity index (χ1n) is 8.81. The van der Waals surface area contributed by atoms with Gasteiger partial charge in [0.2, 0.25) is 0 Å². The molecule has 0 radical (unpaired) electrons. The maximum Gasteiger partial charge on any atom is 0.322 e. The van der Waals surface area contributed by atoms with E-state index in [0.717, 1.165) is 38.0 Å². The Balaban J connectivity index is 1.38. The van der Waals surface area contributed by atoms with Crippen LogP contribution in [0.1, 0.15) is 24.0 Å². The second kappa shape index (κ2) is 6.84. The van der Waals surface area contributed by atoms with E-state index in [2.05, 4.69) is 34.5 Å². The number of nitrogens with one attached hydrogen (secondary N) is 1. The van der Waals surface area contributed by atoms with Crippen molar-refractivity contribution in [1.82, 2.24) is 9.80 Å². The van der Waals surface area contributed by atoms with E-state index >= 15 is 0 Å². The Morgan fingerprint density at radius 3 is 2.60 bits per heavy atom. The second-order valence-electron chi connectivity index (χ2n) is 6.85. The molecule has 4 rings (SSSR count). The topological polar surface area (TPSA) is 35.6 Å². The summed E-state index contributed by atoms with van der Waals surface area (Å²) >= 11 is 0. The van der Waals surface area contributed by atoms with Gasteiger partial charge in [-0.15, -0.1) is 0 Å². The third kappa shape index (κ3) is 3.51. The van der Waals surface area contributed by atoms with Gasteiger partial charge in [0, 0.05) is 32.2 Å². The minimum absolute atomic E-state index is 0.111. The molecule has 0 atom stereocenters. The molecule has 2 heterocycles. The average Bonchev–Trinajstić information content (AvgIpc) is 2.63. The SMILES string of the molecule is O=C1Nc2cc(F)ccc2CN1C1CCN(Cc2ccccc2)CC1. The fourth-order valence-corrected chi connectivity index (χ4v) is 3.77. The summed E-state index contributed by atoms with van der Waals surface area (Å²) in [6.07, 6.45) is 1.94. The zero-order chi connectivity index (χ0) is 17.2. The van der Waals surface area contributed by atoms with Crippen LogP contribution < -0.4 is 5.32 Å². The van der Waals surface area contributed by atoms with E-state index in [-0.39, 0.29) is 17.9 Å². The van der Waals surface area contributed by atoms with Crippen molar-refractivity contribution in [3.8, 4) is 0 Å². The molecule has 1 N–H and O–H groups in total. The standard InChI is InChI=1S/C20H22FN3O/c21-17-7-6-16-14-24(20(25)22-19(16)12-17)18-8-10-23(11-9-18)13-15-4-2-1-3-5-15/h1-7,12,18H,8-11,13-14H2,(H,22,25). The van der Waals surface area contributed by atoms with Crippen LogP contribution in [-0.2, 0) is 13.1 Å². The number of piperidine rings is 1. The number of carbonyl (C=O) groups excluding carboxylic acids is 1. The highest BCUT2D eigenvalue weighted by Crippen LogP contribution is 2.28. The van der Waals surface area contributed by atoms with Gasteiger partial charge in [-0.05, 0) is 36.1 Å². The first kappa shape index (κ1) is 16.1. The lowest BCUT2D eigenvalue weighted by atomic mass is 10.0. The molecule has 2 amide bonds. The van der Waals surface area contributed by atoms with Crippen LogP contribution in [0.2, 0.25) is 0 Å². The number of urea groups is 1. The Kier molecular flexibility index (Phi) is 4.40. The first-order valence-corrected chi connectivity index (χ1v) is 8.81. The maximum atomic E-state index is 13.3. The van der Waals surface area contributed by atoms with Crippen molar-refractivity contribution in [3.05, 3.63) is 65.5 Å². The molecule has 0 spiro atoms. The van der Waals surface area contributed by atoms with E-state index in [1.165, 1.54) is 17.7 Å². The number of likely N-dealkylation sites (tertiary alicyclic amines) is 1. The summed E-state index contributed by atoms with van der Waals surface area (Å²) in [5, 5.41) is 2.83. The van der Waals surface area contributed by atoms with Crippen LogP contribution in [0.3, 0.4) is 0 Å². The molecule has 0 aromatic heterocycles. The Hall–Kier alpha value is -2.40. The number of amides is 2. The highest BCUT2D eigenvalue weighted by molar-refractivity contribution is 5.92. The van der Waals surface area contributed by atoms with Crippen LogP contribution in [0.4, 0.5) is 14.9 Å². The lowest BCUT2D eigenvalue weighted by Gasteiger charge is -2.40. The first-order chi connectivity index (χ1) is 12.2. The molecule has 1 fully saturated rings. The van der Waals surface area contributed by atoms with Gasteiger partial charge in [0.15, 0.2) is 0 Å². The number of hydrogen-bond acceptors (Lipinski definition) is 2. The summed E-state index contributed by atoms with van der Waals surface area (Å²) in [4.78, 5) is 16.8. The number of rotatable bonds is 3. The zero-order valence-corrected chi connectivity index (χ0v) is 14.1. The largest absolute Gasteiger partial charge is 0.322 e. The van der Waals surface area contributed by atoms with Crippen molar-refractivity contribution in [3.63, 3.8) is 0 Å². The van der Waals surface area contributed by atoms with E-state index in [1.54, 1.807) is 6.07 Å². The fourth-order valence-electron chi connectivity index (χ4n) is 3.77. The van der Waals surface area contributed by atoms with Gasteiger partial charge in [-0.3, -0.25) is 4.90 Å². The molecule has 2 aromatic carbocycles. The lowest BCUT2D eigenvalue weighted by molar-refractivity contribution is 0.118. The Morgan fingerprint density at radius 1 is 1.08 bits per heavy atom. The second-order valence-corrected chi connectivity index (χ2v) is 6.85. The van der Waals surface area contributed by atoms with Gasteiger partial charge in [0.1, 0.15) is 5.82 Å². The number of anilines is 1. The Bertz CT molecular complexity index is 757. The summed E-state index contributed by atoms with van der Waals surface area (Å²) in [7, 11) is 0. The van der Waals surface area contributed by atoms with Crippen molar-refractivity contribution in [2.24, 2.45) is 0 Å². The summed E-state index contributed by atoms with van der Waals surface area (Å²) in [5.74, 6) is -0.318. The van der Waals surface area contributed by atoms with E-state index in [1.807, 2.05) is 11.0 Å². The molecule has 25 heavy (non-hydrogen) atoms. The molecule has 2 aromatic rings. The van der Waals surface area contributed by atoms with Crippen molar-refractivity contribution < 1.29 is 9.18 Å². The van der Waals surface area contributed by atoms with Gasteiger partial charge in [-0.25, -0.2) is 9.18 Å². The molecule has 0 aliphatic carbocycles. The van der Waals surface area contributed by atoms with Gasteiger partial charge in [-0.1, -0.05) is 36.4 Å². The lowest BCUT2D eigenvalue weighted by Crippen LogP contribution is -2.50. The molecule has 0 bridgehead atoms. The van der Waals surface area contributed by atoms with Crippen molar-refractivity contribution in [1.29, 1.82) is 0 Å². The Labute approximate surface area is 147 Å². The normalized spacial score (nSPS) is 18.8. The Morgan fingerprint density at radius 2 is 1.84 bits per heavy atom. The number of hydrogen-bond donors (Lipinski definition) is 1. The van der Waals surface area contributed by atoms with Gasteiger partial charge in [-0.2, -0.15) is 0 Å². The van der Waals surface area contributed by atoms with Crippen molar-refractivity contribution in [2.75, 3.05) is 18.4 Å². The smallest absolute Gasteiger partial charge is 0.317 e. The van der Waals surface area contributed by atoms with Gasteiger partial charge < -0.3 is 10.2 Å². The van der Waals surface area contributed by atoms with E-state index in [9.17, 15) is 9.18 Å². The van der Waals surface area contributed by atoms with E-state index in [4.69, 9.17) is 0 Å². The predicted octanol–water partition coefficient (Wildman–Crippen LogP) is 3.84. The highest BCUT2D eigenvalue weighted by atomic mass is 19.1. The minimum Gasteiger partial charge on any atom is -0.317 e. The minimum atomic E-state index is -0.318. The van der Waals surface area contributed by atoms with Crippen LogP contribution in [0, 0.1) is 5.82 Å². The molecular formula is C20H22FN3O. The number of carbonyl (C=O) groups is 1. The number of nitrogens with zero attached hydrogens (tertiary/aromatic N) is 2. The predicted molar refractivity (Wildman–Crippen MR) is 95.7 cm³/mol. The van der Waals surface area contributed by atoms with Crippen LogP contribution in [0.25, 0.3) is 0 Å². The van der Waals surface area contributed by atoms with Crippen LogP contribution in [-0.4, -0.2) is 35.0 Å². The van der Waals surface area contributed by atoms with E-state index in [0.29, 0.717) is 12.2 Å². The van der Waals surface area contributed by atoms with Gasteiger partial charge in [0.05, 0.1) is 5.69 Å². The molecule has 0 saturated carbocycles. The molecule has 5 heteroatoms. The van der Waals surface area contributed by atoms with Gasteiger partial charge >= 0.3 is 6.03 Å². The maximum absolute atomic E-state index is 13.3.